The first-order chi connectivity index (χ1) is 9.35. The Morgan fingerprint density at radius 2 is 1.90 bits per heavy atom. The molecule has 2 heteroatoms. The smallest absolute Gasteiger partial charge is 0.119 e. The molecule has 112 valence electrons. The van der Waals surface area contributed by atoms with Crippen LogP contribution in [0.5, 0.6) is 5.75 Å². The summed E-state index contributed by atoms with van der Waals surface area (Å²) in [6.07, 6.45) is 4.59. The normalized spacial score (nSPS) is 27.4. The topological polar surface area (TPSA) is 35.2 Å². The van der Waals surface area contributed by atoms with Crippen LogP contribution in [0.2, 0.25) is 0 Å². The highest BCUT2D eigenvalue weighted by molar-refractivity contribution is 5.33. The average Bonchev–Trinajstić information content (AvgIpc) is 2.39. The summed E-state index contributed by atoms with van der Waals surface area (Å²) in [4.78, 5) is 0. The lowest BCUT2D eigenvalue weighted by Gasteiger charge is -2.42. The van der Waals surface area contributed by atoms with Gasteiger partial charge in [-0.05, 0) is 61.6 Å². The average molecular weight is 275 g/mol. The maximum Gasteiger partial charge on any atom is 0.119 e. The first-order valence-electron chi connectivity index (χ1n) is 7.87. The van der Waals surface area contributed by atoms with Crippen molar-refractivity contribution in [2.75, 3.05) is 6.61 Å². The van der Waals surface area contributed by atoms with Crippen molar-refractivity contribution in [3.05, 3.63) is 29.8 Å². The number of ether oxygens (including phenoxy) is 1. The summed E-state index contributed by atoms with van der Waals surface area (Å²) >= 11 is 0. The molecule has 2 nitrogen and oxygen atoms in total. The number of benzene rings is 1. The Bertz CT molecular complexity index is 439. The molecule has 2 N–H and O–H groups in total. The Hall–Kier alpha value is -1.02. The van der Waals surface area contributed by atoms with E-state index in [-0.39, 0.29) is 5.54 Å². The Morgan fingerprint density at radius 1 is 1.25 bits per heavy atom. The summed E-state index contributed by atoms with van der Waals surface area (Å²) in [6.45, 7) is 9.75. The molecule has 1 saturated carbocycles. The molecule has 0 aliphatic heterocycles. The fraction of sp³-hybridized carbons (Fsp3) is 0.667. The minimum absolute atomic E-state index is 0.172. The minimum Gasteiger partial charge on any atom is -0.494 e. The highest BCUT2D eigenvalue weighted by Crippen LogP contribution is 2.44. The van der Waals surface area contributed by atoms with Crippen LogP contribution >= 0.6 is 0 Å². The van der Waals surface area contributed by atoms with Crippen LogP contribution in [0.3, 0.4) is 0 Å². The van der Waals surface area contributed by atoms with Crippen LogP contribution in [0, 0.1) is 11.3 Å². The van der Waals surface area contributed by atoms with Crippen LogP contribution in [0.15, 0.2) is 24.3 Å². The zero-order chi connectivity index (χ0) is 14.8. The lowest BCUT2D eigenvalue weighted by molar-refractivity contribution is 0.134. The summed E-state index contributed by atoms with van der Waals surface area (Å²) in [6, 6.07) is 8.35. The van der Waals surface area contributed by atoms with Crippen molar-refractivity contribution in [1.29, 1.82) is 0 Å². The van der Waals surface area contributed by atoms with Crippen LogP contribution in [0.1, 0.15) is 58.9 Å². The van der Waals surface area contributed by atoms with Gasteiger partial charge in [0.15, 0.2) is 0 Å². The maximum atomic E-state index is 6.70. The zero-order valence-corrected chi connectivity index (χ0v) is 13.4. The Labute approximate surface area is 123 Å². The van der Waals surface area contributed by atoms with E-state index in [1.807, 2.05) is 13.0 Å². The minimum atomic E-state index is -0.172. The van der Waals surface area contributed by atoms with E-state index in [1.165, 1.54) is 18.4 Å². The summed E-state index contributed by atoms with van der Waals surface area (Å²) in [5, 5.41) is 0. The second-order valence-corrected chi connectivity index (χ2v) is 7.26. The molecule has 0 heterocycles. The molecule has 0 amide bonds. The molecule has 0 saturated heterocycles. The number of hydrogen-bond acceptors (Lipinski definition) is 2. The van der Waals surface area contributed by atoms with Gasteiger partial charge >= 0.3 is 0 Å². The molecule has 0 spiro atoms. The standard InChI is InChI=1S/C18H29NO/c1-5-20-16-8-6-7-15(13-16)18(19)11-9-14(10-12-18)17(2,3)4/h6-8,13-14H,5,9-12,19H2,1-4H3. The van der Waals surface area contributed by atoms with Gasteiger partial charge in [-0.1, -0.05) is 32.9 Å². The summed E-state index contributed by atoms with van der Waals surface area (Å²) < 4.78 is 5.60. The number of rotatable bonds is 3. The van der Waals surface area contributed by atoms with Gasteiger partial charge < -0.3 is 10.5 Å². The van der Waals surface area contributed by atoms with Crippen LogP contribution in [0.4, 0.5) is 0 Å². The Morgan fingerprint density at radius 3 is 2.45 bits per heavy atom. The van der Waals surface area contributed by atoms with Crippen molar-refractivity contribution < 1.29 is 4.74 Å². The quantitative estimate of drug-likeness (QED) is 0.883. The molecule has 0 atom stereocenters. The summed E-state index contributed by atoms with van der Waals surface area (Å²) in [5.74, 6) is 1.72. The largest absolute Gasteiger partial charge is 0.494 e. The fourth-order valence-electron chi connectivity index (χ4n) is 3.35. The molecule has 1 aliphatic carbocycles. The molecule has 0 radical (unpaired) electrons. The first-order valence-corrected chi connectivity index (χ1v) is 7.87. The van der Waals surface area contributed by atoms with Crippen LogP contribution in [-0.2, 0) is 5.54 Å². The van der Waals surface area contributed by atoms with Gasteiger partial charge in [-0.15, -0.1) is 0 Å². The predicted octanol–water partition coefficient (Wildman–Crippen LogP) is 4.48. The molecule has 1 aromatic carbocycles. The highest BCUT2D eigenvalue weighted by atomic mass is 16.5. The predicted molar refractivity (Wildman–Crippen MR) is 84.9 cm³/mol. The molecule has 2 rings (SSSR count). The molecule has 20 heavy (non-hydrogen) atoms. The van der Waals surface area contributed by atoms with E-state index in [9.17, 15) is 0 Å². The van der Waals surface area contributed by atoms with Crippen molar-refractivity contribution in [2.45, 2.75) is 58.9 Å². The molecule has 1 aromatic rings. The van der Waals surface area contributed by atoms with E-state index in [0.717, 1.165) is 24.5 Å². The summed E-state index contributed by atoms with van der Waals surface area (Å²) in [5.41, 5.74) is 8.15. The molecule has 0 bridgehead atoms. The summed E-state index contributed by atoms with van der Waals surface area (Å²) in [7, 11) is 0. The molecular weight excluding hydrogens is 246 g/mol. The highest BCUT2D eigenvalue weighted by Gasteiger charge is 2.37. The second kappa shape index (κ2) is 5.77. The number of hydrogen-bond donors (Lipinski definition) is 1. The monoisotopic (exact) mass is 275 g/mol. The van der Waals surface area contributed by atoms with E-state index in [1.54, 1.807) is 0 Å². The molecule has 1 aliphatic rings. The van der Waals surface area contributed by atoms with E-state index in [2.05, 4.69) is 39.0 Å². The van der Waals surface area contributed by atoms with E-state index in [0.29, 0.717) is 12.0 Å². The third-order valence-corrected chi connectivity index (χ3v) is 4.82. The van der Waals surface area contributed by atoms with Crippen molar-refractivity contribution in [1.82, 2.24) is 0 Å². The zero-order valence-electron chi connectivity index (χ0n) is 13.4. The van der Waals surface area contributed by atoms with Gasteiger partial charge in [0.25, 0.3) is 0 Å². The third kappa shape index (κ3) is 3.35. The maximum absolute atomic E-state index is 6.70. The molecule has 0 aromatic heterocycles. The van der Waals surface area contributed by atoms with Crippen LogP contribution in [-0.4, -0.2) is 6.61 Å². The second-order valence-electron chi connectivity index (χ2n) is 7.26. The van der Waals surface area contributed by atoms with Gasteiger partial charge in [0.2, 0.25) is 0 Å². The number of nitrogens with two attached hydrogens (primary N) is 1. The van der Waals surface area contributed by atoms with E-state index < -0.39 is 0 Å². The van der Waals surface area contributed by atoms with Crippen molar-refractivity contribution >= 4 is 0 Å². The van der Waals surface area contributed by atoms with Crippen LogP contribution < -0.4 is 10.5 Å². The molecule has 1 fully saturated rings. The lowest BCUT2D eigenvalue weighted by atomic mass is 9.66. The lowest BCUT2D eigenvalue weighted by Crippen LogP contribution is -2.42. The first kappa shape index (κ1) is 15.4. The fourth-order valence-corrected chi connectivity index (χ4v) is 3.35. The van der Waals surface area contributed by atoms with Gasteiger partial charge in [-0.2, -0.15) is 0 Å². The van der Waals surface area contributed by atoms with Gasteiger partial charge in [0.05, 0.1) is 6.61 Å². The Kier molecular flexibility index (Phi) is 4.43. The van der Waals surface area contributed by atoms with Crippen molar-refractivity contribution in [3.8, 4) is 5.75 Å². The van der Waals surface area contributed by atoms with Crippen molar-refractivity contribution in [2.24, 2.45) is 17.1 Å². The Balaban J connectivity index is 2.11. The molecular formula is C18H29NO. The molecule has 0 unspecified atom stereocenters. The third-order valence-electron chi connectivity index (χ3n) is 4.82. The van der Waals surface area contributed by atoms with Gasteiger partial charge in [-0.25, -0.2) is 0 Å². The van der Waals surface area contributed by atoms with Crippen LogP contribution in [0.25, 0.3) is 0 Å². The van der Waals surface area contributed by atoms with E-state index in [4.69, 9.17) is 10.5 Å². The van der Waals surface area contributed by atoms with E-state index >= 15 is 0 Å². The van der Waals surface area contributed by atoms with Crippen molar-refractivity contribution in [3.63, 3.8) is 0 Å². The van der Waals surface area contributed by atoms with Gasteiger partial charge in [0, 0.05) is 5.54 Å². The van der Waals surface area contributed by atoms with Gasteiger partial charge in [0.1, 0.15) is 5.75 Å². The SMILES string of the molecule is CCOc1cccc(C2(N)CCC(C(C)(C)C)CC2)c1. The van der Waals surface area contributed by atoms with Gasteiger partial charge in [-0.3, -0.25) is 0 Å².